The van der Waals surface area contributed by atoms with Crippen molar-refractivity contribution in [2.24, 2.45) is 4.99 Å². The van der Waals surface area contributed by atoms with Gasteiger partial charge in [-0.3, -0.25) is 4.99 Å². The highest BCUT2D eigenvalue weighted by Crippen LogP contribution is 2.45. The normalized spacial score (nSPS) is 18.8. The Balaban J connectivity index is 1.98. The summed E-state index contributed by atoms with van der Waals surface area (Å²) in [5.41, 5.74) is 4.38. The Morgan fingerprint density at radius 3 is 2.64 bits per heavy atom. The Bertz CT molecular complexity index is 1030. The molecule has 5 heteroatoms. The van der Waals surface area contributed by atoms with Crippen molar-refractivity contribution in [1.82, 2.24) is 10.2 Å². The second-order valence-corrected chi connectivity index (χ2v) is 7.81. The zero-order valence-corrected chi connectivity index (χ0v) is 15.8. The maximum absolute atomic E-state index is 14.2. The number of aliphatic imine (C=N–C) groups is 1. The van der Waals surface area contributed by atoms with Crippen molar-refractivity contribution in [1.29, 1.82) is 0 Å². The molecule has 0 radical (unpaired) electrons. The van der Waals surface area contributed by atoms with Crippen LogP contribution in [-0.2, 0) is 0 Å². The maximum atomic E-state index is 14.2. The monoisotopic (exact) mass is 397 g/mol. The van der Waals surface area contributed by atoms with Crippen molar-refractivity contribution < 1.29 is 4.39 Å². The van der Waals surface area contributed by atoms with Crippen LogP contribution in [0, 0.1) is 12.7 Å². The molecule has 0 aliphatic carbocycles. The van der Waals surface area contributed by atoms with E-state index in [0.717, 1.165) is 27.7 Å². The summed E-state index contributed by atoms with van der Waals surface area (Å²) >= 11 is 3.72. The number of hydrogen-bond acceptors (Lipinski definition) is 3. The predicted octanol–water partition coefficient (Wildman–Crippen LogP) is 5.14. The molecule has 0 saturated heterocycles. The van der Waals surface area contributed by atoms with Crippen LogP contribution in [0.4, 0.5) is 4.39 Å². The Kier molecular flexibility index (Phi) is 3.72. The van der Waals surface area contributed by atoms with Gasteiger partial charge < -0.3 is 0 Å². The van der Waals surface area contributed by atoms with Gasteiger partial charge in [-0.15, -0.1) is 10.2 Å². The van der Waals surface area contributed by atoms with Crippen LogP contribution in [0.25, 0.3) is 10.9 Å². The molecule has 1 aliphatic rings. The van der Waals surface area contributed by atoms with Gasteiger partial charge in [0, 0.05) is 10.9 Å². The summed E-state index contributed by atoms with van der Waals surface area (Å²) in [7, 11) is 0. The molecule has 3 nitrogen and oxygen atoms in total. The zero-order chi connectivity index (χ0) is 17.8. The molecule has 4 rings (SSSR count). The minimum atomic E-state index is -0.422. The van der Waals surface area contributed by atoms with Crippen molar-refractivity contribution in [2.45, 2.75) is 31.1 Å². The Morgan fingerprint density at radius 2 is 1.84 bits per heavy atom. The highest BCUT2D eigenvalue weighted by Gasteiger charge is 2.37. The van der Waals surface area contributed by atoms with Crippen molar-refractivity contribution >= 4 is 32.5 Å². The first-order valence-electron chi connectivity index (χ1n) is 8.14. The smallest absolute Gasteiger partial charge is 0.126 e. The summed E-state index contributed by atoms with van der Waals surface area (Å²) in [5.74, 6) is -0.204. The summed E-state index contributed by atoms with van der Waals surface area (Å²) in [5, 5.41) is 9.71. The number of halogens is 2. The van der Waals surface area contributed by atoms with Gasteiger partial charge in [0.05, 0.1) is 21.6 Å². The van der Waals surface area contributed by atoms with E-state index in [2.05, 4.69) is 26.1 Å². The highest BCUT2D eigenvalue weighted by atomic mass is 79.9. The fraction of sp³-hybridized carbons (Fsp3) is 0.250. The molecular weight excluding hydrogens is 381 g/mol. The van der Waals surface area contributed by atoms with E-state index in [9.17, 15) is 4.39 Å². The van der Waals surface area contributed by atoms with E-state index in [1.54, 1.807) is 6.07 Å². The third-order valence-corrected chi connectivity index (χ3v) is 6.29. The first kappa shape index (κ1) is 16.3. The molecule has 0 spiro atoms. The molecule has 0 N–H and O–H groups in total. The number of nitrogens with zero attached hydrogens (tertiary/aromatic N) is 3. The van der Waals surface area contributed by atoms with Crippen LogP contribution >= 0.6 is 15.9 Å². The van der Waals surface area contributed by atoms with Gasteiger partial charge in [0.2, 0.25) is 0 Å². The average Bonchev–Trinajstić information content (AvgIpc) is 2.60. The van der Waals surface area contributed by atoms with Crippen LogP contribution in [0.2, 0.25) is 0 Å². The van der Waals surface area contributed by atoms with Crippen molar-refractivity contribution in [2.75, 3.05) is 0 Å². The minimum Gasteiger partial charge on any atom is -0.275 e. The summed E-state index contributed by atoms with van der Waals surface area (Å²) in [6.45, 7) is 5.88. The SMILES string of the molecule is Cc1c(F)ccc2c1C(Br)C(C)(C)N=C2c1cc2ccccc2nn1. The third-order valence-electron chi connectivity index (χ3n) is 4.71. The van der Waals surface area contributed by atoms with Crippen LogP contribution in [-0.4, -0.2) is 21.4 Å². The molecular formula is C20H17BrFN3. The quantitative estimate of drug-likeness (QED) is 0.532. The zero-order valence-electron chi connectivity index (χ0n) is 14.2. The summed E-state index contributed by atoms with van der Waals surface area (Å²) in [6, 6.07) is 13.1. The van der Waals surface area contributed by atoms with Crippen LogP contribution in [0.5, 0.6) is 0 Å². The summed E-state index contributed by atoms with van der Waals surface area (Å²) < 4.78 is 14.2. The minimum absolute atomic E-state index is 0.0668. The van der Waals surface area contributed by atoms with Crippen LogP contribution in [0.1, 0.15) is 41.1 Å². The average molecular weight is 398 g/mol. The Labute approximate surface area is 154 Å². The van der Waals surface area contributed by atoms with Gasteiger partial charge in [0.15, 0.2) is 0 Å². The number of benzene rings is 2. The number of hydrogen-bond donors (Lipinski definition) is 0. The molecule has 1 atom stereocenters. The molecule has 0 saturated carbocycles. The number of alkyl halides is 1. The third kappa shape index (κ3) is 2.58. The second kappa shape index (κ2) is 5.70. The molecule has 3 aromatic rings. The van der Waals surface area contributed by atoms with Gasteiger partial charge in [0.1, 0.15) is 11.5 Å². The van der Waals surface area contributed by atoms with Gasteiger partial charge in [-0.05, 0) is 56.2 Å². The second-order valence-electron chi connectivity index (χ2n) is 6.90. The van der Waals surface area contributed by atoms with Gasteiger partial charge >= 0.3 is 0 Å². The van der Waals surface area contributed by atoms with E-state index in [-0.39, 0.29) is 10.6 Å². The van der Waals surface area contributed by atoms with Gasteiger partial charge in [-0.25, -0.2) is 4.39 Å². The fourth-order valence-electron chi connectivity index (χ4n) is 3.29. The van der Waals surface area contributed by atoms with Crippen LogP contribution < -0.4 is 0 Å². The van der Waals surface area contributed by atoms with E-state index < -0.39 is 5.54 Å². The lowest BCUT2D eigenvalue weighted by Gasteiger charge is -2.35. The van der Waals surface area contributed by atoms with E-state index in [0.29, 0.717) is 11.3 Å². The lowest BCUT2D eigenvalue weighted by molar-refractivity contribution is 0.503. The van der Waals surface area contributed by atoms with Crippen LogP contribution in [0.15, 0.2) is 47.5 Å². The molecule has 2 aromatic carbocycles. The largest absolute Gasteiger partial charge is 0.275 e. The first-order chi connectivity index (χ1) is 11.9. The van der Waals surface area contributed by atoms with E-state index >= 15 is 0 Å². The van der Waals surface area contributed by atoms with Crippen molar-refractivity contribution in [3.8, 4) is 0 Å². The Morgan fingerprint density at radius 1 is 1.08 bits per heavy atom. The lowest BCUT2D eigenvalue weighted by atomic mass is 9.83. The number of rotatable bonds is 1. The molecule has 25 heavy (non-hydrogen) atoms. The van der Waals surface area contributed by atoms with E-state index in [1.807, 2.05) is 51.1 Å². The van der Waals surface area contributed by atoms with E-state index in [1.165, 1.54) is 6.07 Å². The standard InChI is InChI=1S/C20H17BrFN3/c1-11-14(22)9-8-13-17(11)19(21)20(2,3)23-18(13)16-10-12-6-4-5-7-15(12)24-25-16/h4-10,19H,1-3H3. The molecule has 0 fully saturated rings. The molecule has 126 valence electrons. The molecule has 1 unspecified atom stereocenters. The topological polar surface area (TPSA) is 38.1 Å². The Hall–Kier alpha value is -2.14. The van der Waals surface area contributed by atoms with Gasteiger partial charge in [0.25, 0.3) is 0 Å². The summed E-state index contributed by atoms with van der Waals surface area (Å²) in [6.07, 6.45) is 0. The molecule has 2 heterocycles. The maximum Gasteiger partial charge on any atom is 0.126 e. The van der Waals surface area contributed by atoms with Gasteiger partial charge in [-0.2, -0.15) is 0 Å². The lowest BCUT2D eigenvalue weighted by Crippen LogP contribution is -2.32. The van der Waals surface area contributed by atoms with Crippen molar-refractivity contribution in [3.05, 3.63) is 70.7 Å². The molecule has 1 aromatic heterocycles. The summed E-state index contributed by atoms with van der Waals surface area (Å²) in [4.78, 5) is 4.86. The number of aromatic nitrogens is 2. The fourth-order valence-corrected chi connectivity index (χ4v) is 3.98. The van der Waals surface area contributed by atoms with Gasteiger partial charge in [-0.1, -0.05) is 34.1 Å². The first-order valence-corrected chi connectivity index (χ1v) is 9.06. The molecule has 1 aliphatic heterocycles. The van der Waals surface area contributed by atoms with Crippen molar-refractivity contribution in [3.63, 3.8) is 0 Å². The molecule has 0 amide bonds. The highest BCUT2D eigenvalue weighted by molar-refractivity contribution is 9.09. The van der Waals surface area contributed by atoms with E-state index in [4.69, 9.17) is 4.99 Å². The van der Waals surface area contributed by atoms with Crippen LogP contribution in [0.3, 0.4) is 0 Å². The predicted molar refractivity (Wildman–Crippen MR) is 102 cm³/mol. The molecule has 0 bridgehead atoms. The number of fused-ring (bicyclic) bond motifs is 2.